The van der Waals surface area contributed by atoms with Crippen LogP contribution in [0.5, 0.6) is 0 Å². The van der Waals surface area contributed by atoms with Gasteiger partial charge in [0.05, 0.1) is 9.77 Å². The van der Waals surface area contributed by atoms with Crippen LogP contribution in [0.15, 0.2) is 65.7 Å². The normalized spacial score (nSPS) is 11.5. The highest BCUT2D eigenvalue weighted by molar-refractivity contribution is 7.89. The number of thiazole rings is 1. The Balaban J connectivity index is 1.74. The molecule has 0 fully saturated rings. The van der Waals surface area contributed by atoms with Crippen molar-refractivity contribution in [1.29, 1.82) is 0 Å². The second-order valence-electron chi connectivity index (χ2n) is 5.66. The molecule has 0 bridgehead atoms. The van der Waals surface area contributed by atoms with Gasteiger partial charge in [-0.2, -0.15) is 0 Å². The molecule has 1 aromatic heterocycles. The Morgan fingerprint density at radius 3 is 2.31 bits per heavy atom. The van der Waals surface area contributed by atoms with Gasteiger partial charge in [0, 0.05) is 25.9 Å². The fourth-order valence-electron chi connectivity index (χ4n) is 2.23. The van der Waals surface area contributed by atoms with Gasteiger partial charge >= 0.3 is 0 Å². The predicted molar refractivity (Wildman–Crippen MR) is 103 cm³/mol. The summed E-state index contributed by atoms with van der Waals surface area (Å²) in [6, 6.07) is 15.6. The van der Waals surface area contributed by atoms with Crippen molar-refractivity contribution in [3.05, 3.63) is 66.4 Å². The number of sulfonamides is 1. The number of aromatic nitrogens is 1. The van der Waals surface area contributed by atoms with Crippen molar-refractivity contribution in [2.45, 2.75) is 4.90 Å². The van der Waals surface area contributed by atoms with Crippen LogP contribution in [0.3, 0.4) is 0 Å². The first-order valence-electron chi connectivity index (χ1n) is 7.73. The molecule has 1 amide bonds. The molecule has 2 aromatic carbocycles. The summed E-state index contributed by atoms with van der Waals surface area (Å²) in [5.74, 6) is -0.340. The van der Waals surface area contributed by atoms with Crippen molar-refractivity contribution in [2.24, 2.45) is 0 Å². The lowest BCUT2D eigenvalue weighted by Crippen LogP contribution is -2.22. The molecule has 3 aromatic rings. The fourth-order valence-corrected chi connectivity index (χ4v) is 3.94. The average molecular weight is 387 g/mol. The summed E-state index contributed by atoms with van der Waals surface area (Å²) >= 11 is 1.37. The van der Waals surface area contributed by atoms with E-state index in [0.717, 1.165) is 14.7 Å². The Morgan fingerprint density at radius 1 is 1.04 bits per heavy atom. The van der Waals surface area contributed by atoms with Crippen molar-refractivity contribution < 1.29 is 13.2 Å². The molecule has 0 saturated heterocycles. The molecule has 26 heavy (non-hydrogen) atoms. The molecule has 0 aliphatic heterocycles. The molecule has 0 saturated carbocycles. The van der Waals surface area contributed by atoms with E-state index in [1.54, 1.807) is 6.20 Å². The lowest BCUT2D eigenvalue weighted by Gasteiger charge is -2.11. The number of carbonyl (C=O) groups excluding carboxylic acids is 1. The Labute approximate surface area is 156 Å². The molecular weight excluding hydrogens is 370 g/mol. The summed E-state index contributed by atoms with van der Waals surface area (Å²) in [6.07, 6.45) is 1.71. The molecule has 0 aliphatic carbocycles. The summed E-state index contributed by atoms with van der Waals surface area (Å²) in [5.41, 5.74) is 1.39. The second kappa shape index (κ2) is 7.36. The molecule has 1 N–H and O–H groups in total. The fraction of sp³-hybridized carbons (Fsp3) is 0.111. The van der Waals surface area contributed by atoms with E-state index in [-0.39, 0.29) is 10.8 Å². The molecule has 3 rings (SSSR count). The van der Waals surface area contributed by atoms with E-state index in [1.165, 1.54) is 49.7 Å². The third kappa shape index (κ3) is 3.82. The molecule has 8 heteroatoms. The van der Waals surface area contributed by atoms with Crippen LogP contribution < -0.4 is 5.32 Å². The highest BCUT2D eigenvalue weighted by Crippen LogP contribution is 2.28. The van der Waals surface area contributed by atoms with Crippen LogP contribution >= 0.6 is 11.3 Å². The maximum absolute atomic E-state index is 12.4. The third-order valence-corrected chi connectivity index (χ3v) is 6.47. The molecule has 134 valence electrons. The first-order valence-corrected chi connectivity index (χ1v) is 9.99. The summed E-state index contributed by atoms with van der Waals surface area (Å²) in [6.45, 7) is 0. The number of nitrogens with one attached hydrogen (secondary N) is 1. The van der Waals surface area contributed by atoms with E-state index in [2.05, 4.69) is 10.3 Å². The number of rotatable bonds is 5. The van der Waals surface area contributed by atoms with Gasteiger partial charge in [0.2, 0.25) is 10.0 Å². The quantitative estimate of drug-likeness (QED) is 0.728. The predicted octanol–water partition coefficient (Wildman–Crippen LogP) is 3.31. The molecule has 0 aliphatic rings. The molecule has 6 nitrogen and oxygen atoms in total. The third-order valence-electron chi connectivity index (χ3n) is 3.68. The topological polar surface area (TPSA) is 79.4 Å². The number of anilines is 1. The second-order valence-corrected chi connectivity index (χ2v) is 8.84. The van der Waals surface area contributed by atoms with Crippen LogP contribution in [-0.2, 0) is 10.0 Å². The Hall–Kier alpha value is -2.55. The SMILES string of the molecule is CN(C)S(=O)(=O)c1ccc(C(=O)Nc2ncc(-c3ccccc3)s2)cc1. The van der Waals surface area contributed by atoms with Crippen LogP contribution in [0.25, 0.3) is 10.4 Å². The van der Waals surface area contributed by atoms with Gasteiger partial charge in [0.25, 0.3) is 5.91 Å². The van der Waals surface area contributed by atoms with Crippen LogP contribution in [0.4, 0.5) is 5.13 Å². The van der Waals surface area contributed by atoms with Gasteiger partial charge in [0.1, 0.15) is 0 Å². The van der Waals surface area contributed by atoms with Crippen LogP contribution in [-0.4, -0.2) is 37.7 Å². The van der Waals surface area contributed by atoms with Gasteiger partial charge in [-0.1, -0.05) is 41.7 Å². The maximum atomic E-state index is 12.4. The van der Waals surface area contributed by atoms with E-state index in [9.17, 15) is 13.2 Å². The highest BCUT2D eigenvalue weighted by atomic mass is 32.2. The van der Waals surface area contributed by atoms with Crippen molar-refractivity contribution in [3.63, 3.8) is 0 Å². The Kier molecular flexibility index (Phi) is 5.17. The van der Waals surface area contributed by atoms with Gasteiger partial charge in [0.15, 0.2) is 5.13 Å². The number of amides is 1. The molecule has 0 radical (unpaired) electrons. The van der Waals surface area contributed by atoms with E-state index in [1.807, 2.05) is 30.3 Å². The van der Waals surface area contributed by atoms with E-state index in [0.29, 0.717) is 10.7 Å². The van der Waals surface area contributed by atoms with Crippen molar-refractivity contribution in [1.82, 2.24) is 9.29 Å². The minimum Gasteiger partial charge on any atom is -0.298 e. The number of hydrogen-bond acceptors (Lipinski definition) is 5. The maximum Gasteiger partial charge on any atom is 0.257 e. The largest absolute Gasteiger partial charge is 0.298 e. The van der Waals surface area contributed by atoms with Gasteiger partial charge in [-0.3, -0.25) is 10.1 Å². The molecule has 1 heterocycles. The zero-order valence-corrected chi connectivity index (χ0v) is 15.8. The van der Waals surface area contributed by atoms with Crippen LogP contribution in [0.2, 0.25) is 0 Å². The minimum absolute atomic E-state index is 0.139. The van der Waals surface area contributed by atoms with E-state index >= 15 is 0 Å². The van der Waals surface area contributed by atoms with Gasteiger partial charge in [-0.25, -0.2) is 17.7 Å². The first kappa shape index (κ1) is 18.2. The van der Waals surface area contributed by atoms with Gasteiger partial charge < -0.3 is 0 Å². The van der Waals surface area contributed by atoms with E-state index in [4.69, 9.17) is 0 Å². The Morgan fingerprint density at radius 2 is 1.69 bits per heavy atom. The first-order chi connectivity index (χ1) is 12.4. The smallest absolute Gasteiger partial charge is 0.257 e. The molecular formula is C18H17N3O3S2. The van der Waals surface area contributed by atoms with Gasteiger partial charge in [-0.15, -0.1) is 0 Å². The number of benzene rings is 2. The number of hydrogen-bond donors (Lipinski definition) is 1. The Bertz CT molecular complexity index is 1010. The van der Waals surface area contributed by atoms with Crippen LogP contribution in [0.1, 0.15) is 10.4 Å². The van der Waals surface area contributed by atoms with E-state index < -0.39 is 10.0 Å². The summed E-state index contributed by atoms with van der Waals surface area (Å²) in [5, 5.41) is 3.22. The standard InChI is InChI=1S/C18H17N3O3S2/c1-21(2)26(23,24)15-10-8-14(9-11-15)17(22)20-18-19-12-16(25-18)13-6-4-3-5-7-13/h3-12H,1-2H3,(H,19,20,22). The summed E-state index contributed by atoms with van der Waals surface area (Å²) in [7, 11) is -0.592. The molecule has 0 unspecified atom stereocenters. The molecule has 0 spiro atoms. The van der Waals surface area contributed by atoms with Crippen LogP contribution in [0, 0.1) is 0 Å². The lowest BCUT2D eigenvalue weighted by molar-refractivity contribution is 0.102. The number of nitrogens with zero attached hydrogens (tertiary/aromatic N) is 2. The summed E-state index contributed by atoms with van der Waals surface area (Å²) in [4.78, 5) is 17.7. The van der Waals surface area contributed by atoms with Crippen molar-refractivity contribution >= 4 is 32.4 Å². The molecule has 0 atom stereocenters. The summed E-state index contributed by atoms with van der Waals surface area (Å²) < 4.78 is 25.2. The monoisotopic (exact) mass is 387 g/mol. The number of carbonyl (C=O) groups is 1. The zero-order chi connectivity index (χ0) is 18.7. The average Bonchev–Trinajstić information content (AvgIpc) is 3.11. The van der Waals surface area contributed by atoms with Crippen molar-refractivity contribution in [3.8, 4) is 10.4 Å². The highest BCUT2D eigenvalue weighted by Gasteiger charge is 2.18. The minimum atomic E-state index is -3.51. The van der Waals surface area contributed by atoms with Crippen molar-refractivity contribution in [2.75, 3.05) is 19.4 Å². The van der Waals surface area contributed by atoms with Gasteiger partial charge in [-0.05, 0) is 29.8 Å². The zero-order valence-electron chi connectivity index (χ0n) is 14.2. The lowest BCUT2D eigenvalue weighted by atomic mass is 10.2.